The second kappa shape index (κ2) is 4.04. The van der Waals surface area contributed by atoms with Crippen LogP contribution in [0.25, 0.3) is 0 Å². The zero-order chi connectivity index (χ0) is 8.27. The van der Waals surface area contributed by atoms with E-state index in [1.54, 1.807) is 0 Å². The van der Waals surface area contributed by atoms with Crippen LogP contribution in [0.3, 0.4) is 0 Å². The summed E-state index contributed by atoms with van der Waals surface area (Å²) in [7, 11) is 0. The van der Waals surface area contributed by atoms with Gasteiger partial charge in [0.1, 0.15) is 6.10 Å². The number of hydrogen-bond donors (Lipinski definition) is 2. The lowest BCUT2D eigenvalue weighted by molar-refractivity contribution is -0.0539. The first-order chi connectivity index (χ1) is 5.27. The number of ether oxygens (including phenoxy) is 1. The molecule has 11 heavy (non-hydrogen) atoms. The molecule has 1 saturated heterocycles. The van der Waals surface area contributed by atoms with Crippen LogP contribution in [0.15, 0.2) is 0 Å². The molecule has 0 aromatic carbocycles. The molecule has 1 heterocycles. The summed E-state index contributed by atoms with van der Waals surface area (Å²) in [4.78, 5) is 0. The lowest BCUT2D eigenvalue weighted by Crippen LogP contribution is -2.29. The highest BCUT2D eigenvalue weighted by molar-refractivity contribution is 4.77. The maximum absolute atomic E-state index is 9.20. The normalized spacial score (nSPS) is 34.1. The maximum Gasteiger partial charge on any atom is 0.103 e. The van der Waals surface area contributed by atoms with Gasteiger partial charge in [0.25, 0.3) is 0 Å². The molecule has 0 aromatic heterocycles. The summed E-state index contributed by atoms with van der Waals surface area (Å²) < 4.78 is 5.45. The van der Waals surface area contributed by atoms with Crippen molar-refractivity contribution >= 4 is 0 Å². The molecule has 3 heteroatoms. The van der Waals surface area contributed by atoms with Crippen LogP contribution in [0.1, 0.15) is 26.2 Å². The molecule has 0 saturated carbocycles. The van der Waals surface area contributed by atoms with E-state index in [0.717, 1.165) is 19.3 Å². The topological polar surface area (TPSA) is 49.7 Å². The number of aliphatic hydroxyl groups excluding tert-OH is 2. The van der Waals surface area contributed by atoms with Crippen LogP contribution in [-0.2, 0) is 4.74 Å². The first-order valence-electron chi connectivity index (χ1n) is 4.22. The van der Waals surface area contributed by atoms with Gasteiger partial charge in [-0.05, 0) is 19.3 Å². The molecule has 1 rings (SSSR count). The predicted molar refractivity (Wildman–Crippen MR) is 41.3 cm³/mol. The molecular weight excluding hydrogens is 144 g/mol. The van der Waals surface area contributed by atoms with E-state index in [1.165, 1.54) is 0 Å². The second-order valence-electron chi connectivity index (χ2n) is 3.03. The van der Waals surface area contributed by atoms with E-state index >= 15 is 0 Å². The standard InChI is InChI=1S/C8H16O3/c1-2-6-3-4-8(11-6)7(10)5-9/h6-10H,2-5H2,1H3. The molecule has 0 bridgehead atoms. The Morgan fingerprint density at radius 2 is 2.27 bits per heavy atom. The van der Waals surface area contributed by atoms with Crippen molar-refractivity contribution in [3.63, 3.8) is 0 Å². The average Bonchev–Trinajstić information content (AvgIpc) is 2.50. The van der Waals surface area contributed by atoms with Crippen molar-refractivity contribution in [1.29, 1.82) is 0 Å². The van der Waals surface area contributed by atoms with Crippen molar-refractivity contribution in [2.75, 3.05) is 6.61 Å². The molecule has 3 nitrogen and oxygen atoms in total. The smallest absolute Gasteiger partial charge is 0.103 e. The van der Waals surface area contributed by atoms with Crippen LogP contribution in [-0.4, -0.2) is 35.1 Å². The van der Waals surface area contributed by atoms with E-state index in [-0.39, 0.29) is 12.7 Å². The van der Waals surface area contributed by atoms with Gasteiger partial charge >= 0.3 is 0 Å². The SMILES string of the molecule is CCC1CCC(C(O)CO)O1. The van der Waals surface area contributed by atoms with Crippen LogP contribution in [0.4, 0.5) is 0 Å². The van der Waals surface area contributed by atoms with Crippen molar-refractivity contribution in [2.24, 2.45) is 0 Å². The second-order valence-corrected chi connectivity index (χ2v) is 3.03. The van der Waals surface area contributed by atoms with Crippen molar-refractivity contribution in [2.45, 2.75) is 44.5 Å². The van der Waals surface area contributed by atoms with Crippen molar-refractivity contribution in [3.8, 4) is 0 Å². The third-order valence-electron chi connectivity index (χ3n) is 2.21. The van der Waals surface area contributed by atoms with Crippen molar-refractivity contribution in [1.82, 2.24) is 0 Å². The maximum atomic E-state index is 9.20. The highest BCUT2D eigenvalue weighted by atomic mass is 16.5. The highest BCUT2D eigenvalue weighted by Gasteiger charge is 2.28. The molecule has 0 aromatic rings. The van der Waals surface area contributed by atoms with Gasteiger partial charge in [-0.2, -0.15) is 0 Å². The summed E-state index contributed by atoms with van der Waals surface area (Å²) in [6.45, 7) is 1.87. The summed E-state index contributed by atoms with van der Waals surface area (Å²) in [5.74, 6) is 0. The van der Waals surface area contributed by atoms with E-state index in [9.17, 15) is 5.11 Å². The van der Waals surface area contributed by atoms with Gasteiger partial charge in [-0.3, -0.25) is 0 Å². The van der Waals surface area contributed by atoms with E-state index in [4.69, 9.17) is 9.84 Å². The fourth-order valence-electron chi connectivity index (χ4n) is 1.43. The molecule has 0 spiro atoms. The first kappa shape index (κ1) is 8.97. The molecule has 0 aliphatic carbocycles. The molecule has 0 radical (unpaired) electrons. The molecule has 1 aliphatic rings. The van der Waals surface area contributed by atoms with Gasteiger partial charge in [0.05, 0.1) is 18.8 Å². The molecule has 0 amide bonds. The third kappa shape index (κ3) is 2.15. The quantitative estimate of drug-likeness (QED) is 0.624. The monoisotopic (exact) mass is 160 g/mol. The van der Waals surface area contributed by atoms with Gasteiger partial charge in [-0.1, -0.05) is 6.92 Å². The summed E-state index contributed by atoms with van der Waals surface area (Å²) in [5.41, 5.74) is 0. The number of aliphatic hydroxyl groups is 2. The summed E-state index contributed by atoms with van der Waals surface area (Å²) in [6.07, 6.45) is 2.35. The predicted octanol–water partition coefficient (Wildman–Crippen LogP) is 0.297. The van der Waals surface area contributed by atoms with Gasteiger partial charge in [-0.25, -0.2) is 0 Å². The fraction of sp³-hybridized carbons (Fsp3) is 1.00. The molecule has 66 valence electrons. The van der Waals surface area contributed by atoms with E-state index in [0.29, 0.717) is 6.10 Å². The third-order valence-corrected chi connectivity index (χ3v) is 2.21. The summed E-state index contributed by atoms with van der Waals surface area (Å²) >= 11 is 0. The van der Waals surface area contributed by atoms with Crippen LogP contribution in [0.2, 0.25) is 0 Å². The van der Waals surface area contributed by atoms with Gasteiger partial charge < -0.3 is 14.9 Å². The Morgan fingerprint density at radius 3 is 2.73 bits per heavy atom. The molecule has 1 fully saturated rings. The molecule has 1 aliphatic heterocycles. The molecule has 3 atom stereocenters. The Kier molecular flexibility index (Phi) is 3.30. The van der Waals surface area contributed by atoms with Crippen LogP contribution >= 0.6 is 0 Å². The lowest BCUT2D eigenvalue weighted by Gasteiger charge is -2.16. The average molecular weight is 160 g/mol. The van der Waals surface area contributed by atoms with Crippen LogP contribution < -0.4 is 0 Å². The van der Waals surface area contributed by atoms with Crippen LogP contribution in [0, 0.1) is 0 Å². The minimum absolute atomic E-state index is 0.134. The number of hydrogen-bond acceptors (Lipinski definition) is 3. The van der Waals surface area contributed by atoms with Gasteiger partial charge in [-0.15, -0.1) is 0 Å². The number of rotatable bonds is 3. The van der Waals surface area contributed by atoms with Gasteiger partial charge in [0.2, 0.25) is 0 Å². The Hall–Kier alpha value is -0.120. The highest BCUT2D eigenvalue weighted by Crippen LogP contribution is 2.23. The van der Waals surface area contributed by atoms with Crippen molar-refractivity contribution < 1.29 is 14.9 Å². The van der Waals surface area contributed by atoms with E-state index in [2.05, 4.69) is 6.92 Å². The lowest BCUT2D eigenvalue weighted by atomic mass is 10.1. The van der Waals surface area contributed by atoms with Gasteiger partial charge in [0.15, 0.2) is 0 Å². The Balaban J connectivity index is 2.29. The largest absolute Gasteiger partial charge is 0.394 e. The zero-order valence-electron chi connectivity index (χ0n) is 6.86. The Labute approximate surface area is 67.0 Å². The summed E-state index contributed by atoms with van der Waals surface area (Å²) in [5, 5.41) is 17.8. The van der Waals surface area contributed by atoms with Crippen molar-refractivity contribution in [3.05, 3.63) is 0 Å². The Bertz CT molecular complexity index is 116. The molecule has 3 unspecified atom stereocenters. The minimum atomic E-state index is -0.688. The van der Waals surface area contributed by atoms with Crippen LogP contribution in [0.5, 0.6) is 0 Å². The first-order valence-corrected chi connectivity index (χ1v) is 4.22. The van der Waals surface area contributed by atoms with E-state index < -0.39 is 6.10 Å². The zero-order valence-corrected chi connectivity index (χ0v) is 6.86. The van der Waals surface area contributed by atoms with Gasteiger partial charge in [0, 0.05) is 0 Å². The van der Waals surface area contributed by atoms with E-state index in [1.807, 2.05) is 0 Å². The minimum Gasteiger partial charge on any atom is -0.394 e. The molecule has 2 N–H and O–H groups in total. The fourth-order valence-corrected chi connectivity index (χ4v) is 1.43. The Morgan fingerprint density at radius 1 is 1.55 bits per heavy atom. The summed E-state index contributed by atoms with van der Waals surface area (Å²) in [6, 6.07) is 0. The molecular formula is C8H16O3.